The Morgan fingerprint density at radius 1 is 1.53 bits per heavy atom. The van der Waals surface area contributed by atoms with Gasteiger partial charge in [-0.1, -0.05) is 0 Å². The molecule has 1 aliphatic rings. The second-order valence-electron chi connectivity index (χ2n) is 5.45. The molecule has 4 nitrogen and oxygen atoms in total. The Morgan fingerprint density at radius 2 is 2.29 bits per heavy atom. The van der Waals surface area contributed by atoms with Crippen LogP contribution in [0.2, 0.25) is 0 Å². The summed E-state index contributed by atoms with van der Waals surface area (Å²) in [7, 11) is 0. The molecular weight excluding hydrogens is 214 g/mol. The maximum Gasteiger partial charge on any atom is 0.0675 e. The Morgan fingerprint density at radius 3 is 3.00 bits per heavy atom. The summed E-state index contributed by atoms with van der Waals surface area (Å²) in [5.74, 6) is 0. The number of rotatable bonds is 3. The van der Waals surface area contributed by atoms with Crippen molar-refractivity contribution in [1.82, 2.24) is 14.7 Å². The monoisotopic (exact) mass is 237 g/mol. The summed E-state index contributed by atoms with van der Waals surface area (Å²) in [5, 5.41) is 4.33. The summed E-state index contributed by atoms with van der Waals surface area (Å²) in [6.07, 6.45) is 2.21. The first kappa shape index (κ1) is 12.6. The fourth-order valence-corrected chi connectivity index (χ4v) is 2.30. The van der Waals surface area contributed by atoms with E-state index in [1.165, 1.54) is 5.69 Å². The van der Waals surface area contributed by atoms with Crippen LogP contribution in [0.15, 0.2) is 12.3 Å². The number of nitrogens with zero attached hydrogens (tertiary/aromatic N) is 3. The second kappa shape index (κ2) is 4.78. The number of hydrogen-bond acceptors (Lipinski definition) is 3. The zero-order chi connectivity index (χ0) is 12.5. The lowest BCUT2D eigenvalue weighted by Gasteiger charge is -2.44. The summed E-state index contributed by atoms with van der Waals surface area (Å²) in [4.78, 5) is 2.49. The van der Waals surface area contributed by atoms with Gasteiger partial charge in [-0.3, -0.25) is 9.58 Å². The highest BCUT2D eigenvalue weighted by atomic mass is 16.5. The molecule has 0 aliphatic carbocycles. The number of hydrogen-bond donors (Lipinski definition) is 0. The Kier molecular flexibility index (Phi) is 3.54. The van der Waals surface area contributed by atoms with Gasteiger partial charge in [0, 0.05) is 31.4 Å². The lowest BCUT2D eigenvalue weighted by molar-refractivity contribution is -0.0957. The molecule has 1 atom stereocenters. The topological polar surface area (TPSA) is 30.3 Å². The minimum absolute atomic E-state index is 0.106. The number of ether oxygens (including phenoxy) is 1. The molecule has 0 N–H and O–H groups in total. The van der Waals surface area contributed by atoms with Gasteiger partial charge in [-0.05, 0) is 33.8 Å². The fraction of sp³-hybridized carbons (Fsp3) is 0.769. The average molecular weight is 237 g/mol. The highest BCUT2D eigenvalue weighted by molar-refractivity contribution is 5.02. The van der Waals surface area contributed by atoms with Crippen LogP contribution in [-0.4, -0.2) is 39.5 Å². The quantitative estimate of drug-likeness (QED) is 0.804. The average Bonchev–Trinajstić information content (AvgIpc) is 2.71. The first-order valence-electron chi connectivity index (χ1n) is 6.40. The Hall–Kier alpha value is -0.870. The van der Waals surface area contributed by atoms with E-state index in [-0.39, 0.29) is 5.54 Å². The largest absolute Gasteiger partial charge is 0.375 e. The van der Waals surface area contributed by atoms with Crippen molar-refractivity contribution in [3.8, 4) is 0 Å². The van der Waals surface area contributed by atoms with E-state index in [1.54, 1.807) is 0 Å². The van der Waals surface area contributed by atoms with Crippen LogP contribution in [0.3, 0.4) is 0 Å². The Balaban J connectivity index is 2.11. The minimum Gasteiger partial charge on any atom is -0.375 e. The van der Waals surface area contributed by atoms with E-state index < -0.39 is 0 Å². The zero-order valence-electron chi connectivity index (χ0n) is 11.3. The lowest BCUT2D eigenvalue weighted by Crippen LogP contribution is -2.55. The molecule has 0 bridgehead atoms. The highest BCUT2D eigenvalue weighted by Crippen LogP contribution is 2.24. The third-order valence-corrected chi connectivity index (χ3v) is 3.51. The summed E-state index contributed by atoms with van der Waals surface area (Å²) < 4.78 is 7.80. The van der Waals surface area contributed by atoms with Crippen molar-refractivity contribution < 1.29 is 4.74 Å². The molecule has 1 aromatic heterocycles. The molecule has 0 spiro atoms. The normalized spacial score (nSPS) is 25.1. The van der Waals surface area contributed by atoms with Crippen LogP contribution < -0.4 is 0 Å². The molecule has 0 unspecified atom stereocenters. The van der Waals surface area contributed by atoms with Gasteiger partial charge in [0.15, 0.2) is 0 Å². The van der Waals surface area contributed by atoms with E-state index in [1.807, 2.05) is 6.20 Å². The molecule has 96 valence electrons. The molecule has 1 fully saturated rings. The van der Waals surface area contributed by atoms with Crippen molar-refractivity contribution >= 4 is 0 Å². The van der Waals surface area contributed by atoms with Gasteiger partial charge in [0.1, 0.15) is 0 Å². The van der Waals surface area contributed by atoms with Crippen LogP contribution in [-0.2, 0) is 17.8 Å². The predicted octanol–water partition coefficient (Wildman–Crippen LogP) is 1.90. The van der Waals surface area contributed by atoms with Crippen molar-refractivity contribution in [3.63, 3.8) is 0 Å². The molecule has 0 aromatic carbocycles. The minimum atomic E-state index is 0.106. The van der Waals surface area contributed by atoms with Gasteiger partial charge in [-0.25, -0.2) is 0 Å². The van der Waals surface area contributed by atoms with E-state index in [9.17, 15) is 0 Å². The fourth-order valence-electron chi connectivity index (χ4n) is 2.30. The molecule has 4 heteroatoms. The van der Waals surface area contributed by atoms with Crippen LogP contribution in [0, 0.1) is 0 Å². The standard InChI is InChI=1S/C13H23N3O/c1-5-16-12(6-7-14-16)9-15-8-11(2)17-10-13(15,3)4/h6-7,11H,5,8-10H2,1-4H3/t11-/m0/s1. The second-order valence-corrected chi connectivity index (χ2v) is 5.45. The summed E-state index contributed by atoms with van der Waals surface area (Å²) >= 11 is 0. The summed E-state index contributed by atoms with van der Waals surface area (Å²) in [6, 6.07) is 2.11. The maximum absolute atomic E-state index is 5.73. The Labute approximate surface area is 104 Å². The van der Waals surface area contributed by atoms with Crippen molar-refractivity contribution in [2.75, 3.05) is 13.2 Å². The molecule has 2 rings (SSSR count). The van der Waals surface area contributed by atoms with Crippen LogP contribution >= 0.6 is 0 Å². The van der Waals surface area contributed by atoms with Gasteiger partial charge in [0.05, 0.1) is 18.4 Å². The van der Waals surface area contributed by atoms with Gasteiger partial charge >= 0.3 is 0 Å². The van der Waals surface area contributed by atoms with E-state index in [2.05, 4.69) is 48.4 Å². The van der Waals surface area contributed by atoms with E-state index >= 15 is 0 Å². The third kappa shape index (κ3) is 2.69. The van der Waals surface area contributed by atoms with Crippen LogP contribution in [0.5, 0.6) is 0 Å². The molecule has 0 saturated carbocycles. The van der Waals surface area contributed by atoms with E-state index in [4.69, 9.17) is 4.74 Å². The molecule has 17 heavy (non-hydrogen) atoms. The molecule has 0 amide bonds. The van der Waals surface area contributed by atoms with Crippen molar-refractivity contribution in [3.05, 3.63) is 18.0 Å². The third-order valence-electron chi connectivity index (χ3n) is 3.51. The predicted molar refractivity (Wildman–Crippen MR) is 67.8 cm³/mol. The number of aromatic nitrogens is 2. The first-order valence-corrected chi connectivity index (χ1v) is 6.40. The summed E-state index contributed by atoms with van der Waals surface area (Å²) in [5.41, 5.74) is 1.39. The molecule has 1 saturated heterocycles. The molecule has 1 aromatic rings. The SMILES string of the molecule is CCn1nccc1CN1C[C@H](C)OCC1(C)C. The summed E-state index contributed by atoms with van der Waals surface area (Å²) in [6.45, 7) is 12.4. The highest BCUT2D eigenvalue weighted by Gasteiger charge is 2.33. The van der Waals surface area contributed by atoms with Crippen molar-refractivity contribution in [2.45, 2.75) is 52.4 Å². The molecule has 0 radical (unpaired) electrons. The van der Waals surface area contributed by atoms with Crippen LogP contribution in [0.4, 0.5) is 0 Å². The number of aryl methyl sites for hydroxylation is 1. The molecule has 1 aliphatic heterocycles. The van der Waals surface area contributed by atoms with E-state index in [0.29, 0.717) is 6.10 Å². The van der Waals surface area contributed by atoms with Gasteiger partial charge in [0.25, 0.3) is 0 Å². The lowest BCUT2D eigenvalue weighted by atomic mass is 10.0. The van der Waals surface area contributed by atoms with Gasteiger partial charge in [-0.2, -0.15) is 5.10 Å². The van der Waals surface area contributed by atoms with Gasteiger partial charge < -0.3 is 4.74 Å². The van der Waals surface area contributed by atoms with Gasteiger partial charge in [0.2, 0.25) is 0 Å². The van der Waals surface area contributed by atoms with Gasteiger partial charge in [-0.15, -0.1) is 0 Å². The zero-order valence-corrected chi connectivity index (χ0v) is 11.3. The maximum atomic E-state index is 5.73. The number of morpholine rings is 1. The molecule has 2 heterocycles. The van der Waals surface area contributed by atoms with Crippen molar-refractivity contribution in [1.29, 1.82) is 0 Å². The van der Waals surface area contributed by atoms with Crippen molar-refractivity contribution in [2.24, 2.45) is 0 Å². The first-order chi connectivity index (χ1) is 8.03. The molecular formula is C13H23N3O. The van der Waals surface area contributed by atoms with Crippen LogP contribution in [0.1, 0.15) is 33.4 Å². The smallest absolute Gasteiger partial charge is 0.0675 e. The van der Waals surface area contributed by atoms with Crippen LogP contribution in [0.25, 0.3) is 0 Å². The Bertz CT molecular complexity index is 372. The van der Waals surface area contributed by atoms with E-state index in [0.717, 1.165) is 26.2 Å².